The van der Waals surface area contributed by atoms with Crippen LogP contribution in [0.15, 0.2) is 28.2 Å². The number of rotatable bonds is 3. The minimum absolute atomic E-state index is 0.342. The average molecular weight is 196 g/mol. The summed E-state index contributed by atoms with van der Waals surface area (Å²) in [6.07, 6.45) is 3.34. The summed E-state index contributed by atoms with van der Waals surface area (Å²) in [6.45, 7) is 0. The fourth-order valence-electron chi connectivity index (χ4n) is 0.845. The molecule has 0 aliphatic heterocycles. The second-order valence-electron chi connectivity index (χ2n) is 2.42. The number of aromatic amines is 1. The van der Waals surface area contributed by atoms with E-state index >= 15 is 0 Å². The number of H-pyrrole nitrogens is 1. The fraction of sp³-hybridized carbons (Fsp3) is 0.143. The highest BCUT2D eigenvalue weighted by molar-refractivity contribution is 7.98. The topological polar surface area (TPSA) is 80.7 Å². The van der Waals surface area contributed by atoms with Gasteiger partial charge in [0, 0.05) is 11.3 Å². The van der Waals surface area contributed by atoms with Gasteiger partial charge >= 0.3 is 0 Å². The zero-order chi connectivity index (χ0) is 9.10. The van der Waals surface area contributed by atoms with Crippen LogP contribution >= 0.6 is 11.8 Å². The third kappa shape index (κ3) is 2.03. The number of nitrogens with one attached hydrogen (secondary N) is 1. The van der Waals surface area contributed by atoms with Gasteiger partial charge in [0.05, 0.1) is 12.5 Å². The first-order valence-electron chi connectivity index (χ1n) is 3.66. The second kappa shape index (κ2) is 3.53. The summed E-state index contributed by atoms with van der Waals surface area (Å²) in [5, 5.41) is 7.11. The van der Waals surface area contributed by atoms with E-state index < -0.39 is 0 Å². The first-order chi connectivity index (χ1) is 6.34. The molecule has 2 aromatic rings. The van der Waals surface area contributed by atoms with Crippen molar-refractivity contribution in [3.05, 3.63) is 24.2 Å². The molecule has 2 rings (SSSR count). The lowest BCUT2D eigenvalue weighted by molar-refractivity contribution is 0.565. The van der Waals surface area contributed by atoms with Crippen LogP contribution in [0.3, 0.4) is 0 Å². The van der Waals surface area contributed by atoms with Crippen molar-refractivity contribution in [1.29, 1.82) is 0 Å². The van der Waals surface area contributed by atoms with Gasteiger partial charge in [-0.1, -0.05) is 11.8 Å². The lowest BCUT2D eigenvalue weighted by atomic mass is 10.4. The standard InChI is InChI=1S/C7H8N4OS/c8-6-9-7(11-10-6)13-4-5-1-2-12-3-5/h1-3H,4H2,(H3,8,9,10,11). The number of nitrogens with two attached hydrogens (primary N) is 1. The van der Waals surface area contributed by atoms with Crippen molar-refractivity contribution >= 4 is 17.7 Å². The molecule has 0 atom stereocenters. The van der Waals surface area contributed by atoms with Crippen LogP contribution in [0.25, 0.3) is 0 Å². The van der Waals surface area contributed by atoms with E-state index in [1.165, 1.54) is 11.8 Å². The molecule has 0 saturated carbocycles. The van der Waals surface area contributed by atoms with Crippen molar-refractivity contribution < 1.29 is 4.42 Å². The molecule has 0 unspecified atom stereocenters. The van der Waals surface area contributed by atoms with Gasteiger partial charge in [-0.15, -0.1) is 5.10 Å². The van der Waals surface area contributed by atoms with Gasteiger partial charge in [0.25, 0.3) is 0 Å². The van der Waals surface area contributed by atoms with Gasteiger partial charge < -0.3 is 10.2 Å². The molecule has 6 heteroatoms. The number of hydrogen-bond acceptors (Lipinski definition) is 5. The monoisotopic (exact) mass is 196 g/mol. The summed E-state index contributed by atoms with van der Waals surface area (Å²) in [6, 6.07) is 1.91. The van der Waals surface area contributed by atoms with E-state index in [4.69, 9.17) is 10.2 Å². The van der Waals surface area contributed by atoms with Gasteiger partial charge in [0.2, 0.25) is 11.1 Å². The Bertz CT molecular complexity index is 370. The maximum absolute atomic E-state index is 5.37. The molecule has 0 bridgehead atoms. The molecule has 0 amide bonds. The molecular formula is C7H8N4OS. The zero-order valence-corrected chi connectivity index (χ0v) is 7.54. The van der Waals surface area contributed by atoms with E-state index in [0.29, 0.717) is 11.1 Å². The molecule has 0 radical (unpaired) electrons. The van der Waals surface area contributed by atoms with Crippen molar-refractivity contribution in [2.45, 2.75) is 10.9 Å². The predicted molar refractivity (Wildman–Crippen MR) is 49.1 cm³/mol. The van der Waals surface area contributed by atoms with Gasteiger partial charge in [0.15, 0.2) is 0 Å². The smallest absolute Gasteiger partial charge is 0.216 e. The van der Waals surface area contributed by atoms with E-state index in [-0.39, 0.29) is 0 Å². The number of aromatic nitrogens is 3. The third-order valence-electron chi connectivity index (χ3n) is 1.43. The Balaban J connectivity index is 1.93. The highest BCUT2D eigenvalue weighted by Gasteiger charge is 2.01. The molecule has 13 heavy (non-hydrogen) atoms. The average Bonchev–Trinajstić information content (AvgIpc) is 2.71. The first kappa shape index (κ1) is 8.18. The Morgan fingerprint density at radius 1 is 1.62 bits per heavy atom. The van der Waals surface area contributed by atoms with Crippen molar-refractivity contribution in [2.75, 3.05) is 5.73 Å². The number of furan rings is 1. The second-order valence-corrected chi connectivity index (χ2v) is 3.37. The van der Waals surface area contributed by atoms with Crippen LogP contribution in [0.5, 0.6) is 0 Å². The number of thioether (sulfide) groups is 1. The van der Waals surface area contributed by atoms with Crippen LogP contribution in [0.1, 0.15) is 5.56 Å². The molecule has 2 heterocycles. The highest BCUT2D eigenvalue weighted by atomic mass is 32.2. The lowest BCUT2D eigenvalue weighted by Crippen LogP contribution is -1.85. The summed E-state index contributed by atoms with van der Waals surface area (Å²) >= 11 is 1.51. The van der Waals surface area contributed by atoms with E-state index in [2.05, 4.69) is 15.2 Å². The molecular weight excluding hydrogens is 188 g/mol. The summed E-state index contributed by atoms with van der Waals surface area (Å²) < 4.78 is 4.92. The summed E-state index contributed by atoms with van der Waals surface area (Å²) in [7, 11) is 0. The third-order valence-corrected chi connectivity index (χ3v) is 2.35. The molecule has 5 nitrogen and oxygen atoms in total. The van der Waals surface area contributed by atoms with Gasteiger partial charge in [-0.2, -0.15) is 4.98 Å². The minimum atomic E-state index is 0.342. The van der Waals surface area contributed by atoms with Crippen LogP contribution in [0.4, 0.5) is 5.95 Å². The van der Waals surface area contributed by atoms with Gasteiger partial charge in [-0.25, -0.2) is 5.10 Å². The predicted octanol–water partition coefficient (Wildman–Crippen LogP) is 1.27. The molecule has 68 valence electrons. The number of hydrogen-bond donors (Lipinski definition) is 2. The summed E-state index contributed by atoms with van der Waals surface area (Å²) in [5.74, 6) is 1.13. The molecule has 2 aromatic heterocycles. The molecule has 0 spiro atoms. The zero-order valence-electron chi connectivity index (χ0n) is 6.73. The Hall–Kier alpha value is -1.43. The van der Waals surface area contributed by atoms with Gasteiger partial charge in [0.1, 0.15) is 0 Å². The van der Waals surface area contributed by atoms with Gasteiger partial charge in [-0.3, -0.25) is 0 Å². The Kier molecular flexibility index (Phi) is 2.22. The highest BCUT2D eigenvalue weighted by Crippen LogP contribution is 2.19. The van der Waals surface area contributed by atoms with Crippen LogP contribution in [-0.2, 0) is 5.75 Å². The molecule has 3 N–H and O–H groups in total. The van der Waals surface area contributed by atoms with Crippen LogP contribution < -0.4 is 5.73 Å². The van der Waals surface area contributed by atoms with E-state index in [1.54, 1.807) is 12.5 Å². The maximum Gasteiger partial charge on any atom is 0.216 e. The first-order valence-corrected chi connectivity index (χ1v) is 4.65. The van der Waals surface area contributed by atoms with E-state index in [1.807, 2.05) is 6.07 Å². The number of anilines is 1. The molecule has 0 aliphatic rings. The Morgan fingerprint density at radius 3 is 3.15 bits per heavy atom. The SMILES string of the molecule is Nc1nc(SCc2ccoc2)n[nH]1. The molecule has 0 fully saturated rings. The maximum atomic E-state index is 5.37. The van der Waals surface area contributed by atoms with Crippen LogP contribution in [0, 0.1) is 0 Å². The Labute approximate surface area is 78.7 Å². The largest absolute Gasteiger partial charge is 0.472 e. The van der Waals surface area contributed by atoms with Crippen molar-refractivity contribution in [3.8, 4) is 0 Å². The van der Waals surface area contributed by atoms with Crippen molar-refractivity contribution in [3.63, 3.8) is 0 Å². The molecule has 0 aliphatic carbocycles. The molecule has 0 aromatic carbocycles. The van der Waals surface area contributed by atoms with E-state index in [0.717, 1.165) is 11.3 Å². The van der Waals surface area contributed by atoms with Crippen molar-refractivity contribution in [2.24, 2.45) is 0 Å². The molecule has 0 saturated heterocycles. The Morgan fingerprint density at radius 2 is 2.54 bits per heavy atom. The summed E-state index contributed by atoms with van der Waals surface area (Å²) in [5.41, 5.74) is 6.47. The van der Waals surface area contributed by atoms with Crippen LogP contribution in [-0.4, -0.2) is 15.2 Å². The van der Waals surface area contributed by atoms with Gasteiger partial charge in [-0.05, 0) is 6.07 Å². The number of nitrogens with zero attached hydrogens (tertiary/aromatic N) is 2. The normalized spacial score (nSPS) is 10.5. The van der Waals surface area contributed by atoms with E-state index in [9.17, 15) is 0 Å². The lowest BCUT2D eigenvalue weighted by Gasteiger charge is -1.90. The number of nitrogen functional groups attached to an aromatic ring is 1. The van der Waals surface area contributed by atoms with Crippen molar-refractivity contribution in [1.82, 2.24) is 15.2 Å². The fourth-order valence-corrected chi connectivity index (χ4v) is 1.58. The van der Waals surface area contributed by atoms with Crippen LogP contribution in [0.2, 0.25) is 0 Å². The quantitative estimate of drug-likeness (QED) is 0.722. The summed E-state index contributed by atoms with van der Waals surface area (Å²) in [4.78, 5) is 3.95. The minimum Gasteiger partial charge on any atom is -0.472 e.